The molecule has 0 spiro atoms. The third kappa shape index (κ3) is 14.3. The lowest BCUT2D eigenvalue weighted by atomic mass is 10.2. The van der Waals surface area contributed by atoms with Crippen LogP contribution in [0.15, 0.2) is 86.1 Å². The monoisotopic (exact) mass is 1200 g/mol. The number of hydrogen-bond donors (Lipinski definition) is 12. The predicted molar refractivity (Wildman–Crippen MR) is 317 cm³/mol. The number of aromatic hydroxyl groups is 1. The number of aromatic nitrogens is 10. The van der Waals surface area contributed by atoms with Gasteiger partial charge >= 0.3 is 0 Å². The van der Waals surface area contributed by atoms with Crippen molar-refractivity contribution in [1.82, 2.24) is 62.5 Å². The van der Waals surface area contributed by atoms with Gasteiger partial charge in [-0.15, -0.1) is 0 Å². The maximum absolute atomic E-state index is 13.5. The van der Waals surface area contributed by atoms with E-state index in [-0.39, 0.29) is 106 Å². The maximum atomic E-state index is 13.5. The van der Waals surface area contributed by atoms with Gasteiger partial charge in [-0.1, -0.05) is 0 Å². The smallest absolute Gasteiger partial charge is 0.292 e. The van der Waals surface area contributed by atoms with Gasteiger partial charge in [-0.25, -0.2) is 9.97 Å². The molecule has 10 amide bonds. The molecule has 8 heterocycles. The van der Waals surface area contributed by atoms with E-state index in [1.807, 2.05) is 0 Å². The number of aryl methyl sites for hydroxylation is 8. The van der Waals surface area contributed by atoms with Gasteiger partial charge in [0.15, 0.2) is 23.1 Å². The molecule has 1 unspecified atom stereocenters. The second kappa shape index (κ2) is 26.0. The minimum atomic E-state index is -1.10. The Labute approximate surface area is 495 Å². The summed E-state index contributed by atoms with van der Waals surface area (Å²) in [7, 11) is 12.7. The van der Waals surface area contributed by atoms with Crippen LogP contribution in [0.2, 0.25) is 0 Å². The fourth-order valence-electron chi connectivity index (χ4n) is 9.18. The molecule has 8 rings (SSSR count). The molecule has 0 aromatic carbocycles. The molecule has 32 nitrogen and oxygen atoms in total. The van der Waals surface area contributed by atoms with Gasteiger partial charge in [0, 0.05) is 138 Å². The lowest BCUT2D eigenvalue weighted by molar-refractivity contribution is -0.121. The zero-order valence-electron chi connectivity index (χ0n) is 48.8. The summed E-state index contributed by atoms with van der Waals surface area (Å²) in [4.78, 5) is 139. The topological polar surface area (TPSA) is 402 Å². The minimum absolute atomic E-state index is 0.00790. The summed E-state index contributed by atoms with van der Waals surface area (Å²) >= 11 is 0. The maximum Gasteiger partial charge on any atom is 0.292 e. The molecule has 0 saturated carbocycles. The van der Waals surface area contributed by atoms with Gasteiger partial charge in [0.1, 0.15) is 34.2 Å². The molecule has 8 aromatic heterocycles. The molecule has 1 atom stereocenters. The molecule has 0 aliphatic heterocycles. The summed E-state index contributed by atoms with van der Waals surface area (Å²) in [6, 6.07) is 6.17. The molecule has 0 aliphatic carbocycles. The van der Waals surface area contributed by atoms with Crippen molar-refractivity contribution < 1.29 is 53.1 Å². The molecule has 13 N–H and O–H groups in total. The first-order valence-corrected chi connectivity index (χ1v) is 26.8. The van der Waals surface area contributed by atoms with Gasteiger partial charge in [0.25, 0.3) is 47.3 Å². The Kier molecular flexibility index (Phi) is 18.4. The highest BCUT2D eigenvalue weighted by Crippen LogP contribution is 2.31. The SMILES string of the molecule is CCNC(=O)CCNC(=O)c1cc(NC(=O)c2cc(NC(=O)c3cc(NC(=O)c4cc(NC(=O)C(N)CCNC(=O)c5cc(NC(=O)c6c(O)c(NC(=O)c7nc(NC(=O)c8nccn8C)cn7C)cn6C)cn5C)cn4C)cn3C)cn2C)cn1C. The van der Waals surface area contributed by atoms with Crippen LogP contribution in [0, 0.1) is 0 Å². The van der Waals surface area contributed by atoms with Gasteiger partial charge in [-0.2, -0.15) is 0 Å². The van der Waals surface area contributed by atoms with Crippen LogP contribution in [0.4, 0.5) is 39.9 Å². The molecule has 8 aromatic rings. The number of carbonyl (C=O) groups is 10. The third-order valence-electron chi connectivity index (χ3n) is 13.5. The van der Waals surface area contributed by atoms with Gasteiger partial charge in [0.2, 0.25) is 17.6 Å². The molecule has 0 fully saturated rings. The van der Waals surface area contributed by atoms with Crippen LogP contribution in [0.3, 0.4) is 0 Å². The number of nitrogens with zero attached hydrogens (tertiary/aromatic N) is 10. The normalized spacial score (nSPS) is 11.3. The number of nitrogens with one attached hydrogen (secondary N) is 10. The summed E-state index contributed by atoms with van der Waals surface area (Å²) in [5.41, 5.74) is 8.15. The molecule has 0 bridgehead atoms. The Morgan fingerprint density at radius 1 is 0.471 bits per heavy atom. The Bertz CT molecular complexity index is 4020. The van der Waals surface area contributed by atoms with Crippen molar-refractivity contribution in [2.75, 3.05) is 56.9 Å². The van der Waals surface area contributed by atoms with Crippen molar-refractivity contribution in [3.8, 4) is 5.75 Å². The first kappa shape index (κ1) is 61.6. The van der Waals surface area contributed by atoms with Gasteiger partial charge in [-0.3, -0.25) is 47.9 Å². The third-order valence-corrected chi connectivity index (χ3v) is 13.5. The average Bonchev–Trinajstić information content (AvgIpc) is 2.38. The van der Waals surface area contributed by atoms with Crippen LogP contribution in [0.1, 0.15) is 104 Å². The zero-order valence-corrected chi connectivity index (χ0v) is 48.8. The predicted octanol–water partition coefficient (Wildman–Crippen LogP) is 1.75. The Hall–Kier alpha value is -11.4. The number of hydrogen-bond acceptors (Lipinski definition) is 14. The Morgan fingerprint density at radius 2 is 0.908 bits per heavy atom. The van der Waals surface area contributed by atoms with Crippen molar-refractivity contribution in [3.63, 3.8) is 0 Å². The molecule has 456 valence electrons. The van der Waals surface area contributed by atoms with E-state index < -0.39 is 65.0 Å². The van der Waals surface area contributed by atoms with Crippen LogP contribution >= 0.6 is 0 Å². The highest BCUT2D eigenvalue weighted by Gasteiger charge is 2.27. The molecule has 32 heteroatoms. The van der Waals surface area contributed by atoms with Crippen molar-refractivity contribution in [3.05, 3.63) is 132 Å². The number of carbonyl (C=O) groups excluding carboxylic acids is 10. The minimum Gasteiger partial charge on any atom is -0.504 e. The number of rotatable bonds is 23. The zero-order chi connectivity index (χ0) is 63.1. The van der Waals surface area contributed by atoms with Crippen molar-refractivity contribution >= 4 is 99.0 Å². The van der Waals surface area contributed by atoms with Crippen LogP contribution < -0.4 is 58.9 Å². The summed E-state index contributed by atoms with van der Waals surface area (Å²) in [6.07, 6.45) is 13.5. The second-order valence-electron chi connectivity index (χ2n) is 20.2. The van der Waals surface area contributed by atoms with Crippen LogP contribution in [0.5, 0.6) is 5.75 Å². The number of amides is 10. The summed E-state index contributed by atoms with van der Waals surface area (Å²) in [6.45, 7) is 2.39. The van der Waals surface area contributed by atoms with Crippen LogP contribution in [0.25, 0.3) is 0 Å². The number of anilines is 7. The second-order valence-corrected chi connectivity index (χ2v) is 20.2. The molecule has 0 radical (unpaired) electrons. The average molecular weight is 1200 g/mol. The highest BCUT2D eigenvalue weighted by atomic mass is 16.3. The Balaban J connectivity index is 0.777. The number of nitrogens with two attached hydrogens (primary N) is 1. The summed E-state index contributed by atoms with van der Waals surface area (Å²) in [5.74, 6) is -5.93. The standard InChI is InChI=1S/C55H65N21O11/c1-10-57-42(77)12-14-60-49(81)36-17-30(23-70(36)3)62-51(83)39-20-32(25-73(39)6)64-52(84)40-21-31(24-74(40)7)63-50(82)38-19-29(22-72(38)5)61-47(79)34(56)11-13-59-48(80)37-18-33(26-71(37)4)65-53(85)43-44(78)35(27-75(43)8)66-55(87)46-67-41(28-76(46)9)68-54(86)45-58-15-16-69(45)2/h15-28,34,78H,10-14,56H2,1-9H3,(H,57,77)(H,59,80)(H,60,81)(H,61,79)(H,62,83)(H,63,82)(H,64,84)(H,65,85)(H,66,87)(H,68,86). The van der Waals surface area contributed by atoms with Gasteiger partial charge in [0.05, 0.1) is 34.5 Å². The van der Waals surface area contributed by atoms with Crippen molar-refractivity contribution in [2.45, 2.75) is 25.8 Å². The molecular formula is C55H65N21O11. The van der Waals surface area contributed by atoms with Gasteiger partial charge < -0.3 is 101 Å². The fraction of sp³-hybridized carbons (Fsp3) is 0.273. The largest absolute Gasteiger partial charge is 0.504 e. The first-order chi connectivity index (χ1) is 41.3. The van der Waals surface area contributed by atoms with E-state index in [0.29, 0.717) is 17.9 Å². The lowest BCUT2D eigenvalue weighted by Gasteiger charge is -2.12. The molecule has 0 saturated heterocycles. The van der Waals surface area contributed by atoms with E-state index in [2.05, 4.69) is 63.1 Å². The van der Waals surface area contributed by atoms with E-state index in [9.17, 15) is 53.1 Å². The van der Waals surface area contributed by atoms with Crippen molar-refractivity contribution in [2.24, 2.45) is 62.1 Å². The van der Waals surface area contributed by atoms with Crippen molar-refractivity contribution in [1.29, 1.82) is 0 Å². The Morgan fingerprint density at radius 3 is 1.37 bits per heavy atom. The van der Waals surface area contributed by atoms with E-state index >= 15 is 0 Å². The van der Waals surface area contributed by atoms with Crippen LogP contribution in [-0.2, 0) is 66.0 Å². The first-order valence-electron chi connectivity index (χ1n) is 26.8. The van der Waals surface area contributed by atoms with E-state index in [4.69, 9.17) is 5.73 Å². The van der Waals surface area contributed by atoms with E-state index in [1.54, 1.807) is 67.8 Å². The highest BCUT2D eigenvalue weighted by molar-refractivity contribution is 6.11. The van der Waals surface area contributed by atoms with Gasteiger partial charge in [-0.05, 0) is 43.7 Å². The molecule has 87 heavy (non-hydrogen) atoms. The summed E-state index contributed by atoms with van der Waals surface area (Å²) < 4.78 is 11.7. The summed E-state index contributed by atoms with van der Waals surface area (Å²) in [5, 5.41) is 37.8. The quantitative estimate of drug-likeness (QED) is 0.0434. The van der Waals surface area contributed by atoms with E-state index in [0.717, 1.165) is 0 Å². The lowest BCUT2D eigenvalue weighted by Crippen LogP contribution is -2.39. The molecule has 0 aliphatic rings. The number of imidazole rings is 2. The van der Waals surface area contributed by atoms with E-state index in [1.165, 1.54) is 118 Å². The molecular weight excluding hydrogens is 1130 g/mol. The fourth-order valence-corrected chi connectivity index (χ4v) is 9.18. The van der Waals surface area contributed by atoms with Crippen LogP contribution in [-0.4, -0.2) is 136 Å².